The molecule has 6 heteroatoms. The number of nitrogens with zero attached hydrogens (tertiary/aromatic N) is 2. The van der Waals surface area contributed by atoms with Crippen LogP contribution in [0.25, 0.3) is 11.0 Å². The fourth-order valence-corrected chi connectivity index (χ4v) is 3.27. The molecule has 2 heterocycles. The highest BCUT2D eigenvalue weighted by Gasteiger charge is 2.17. The summed E-state index contributed by atoms with van der Waals surface area (Å²) in [5.41, 5.74) is 2.81. The van der Waals surface area contributed by atoms with Gasteiger partial charge >= 0.3 is 0 Å². The summed E-state index contributed by atoms with van der Waals surface area (Å²) in [6.07, 6.45) is 0.834. The molecule has 0 amide bonds. The van der Waals surface area contributed by atoms with Crippen molar-refractivity contribution in [3.63, 3.8) is 0 Å². The molecule has 1 aromatic heterocycles. The van der Waals surface area contributed by atoms with Gasteiger partial charge in [-0.2, -0.15) is 0 Å². The third-order valence-electron chi connectivity index (χ3n) is 4.08. The topological polar surface area (TPSA) is 56.5 Å². The number of imidazole rings is 1. The number of halogens is 1. The molecule has 2 aromatic carbocycles. The van der Waals surface area contributed by atoms with E-state index in [0.717, 1.165) is 23.0 Å². The van der Waals surface area contributed by atoms with Crippen LogP contribution in [0, 0.1) is 0 Å². The number of aliphatic hydroxyl groups excluding tert-OH is 1. The molecule has 0 spiro atoms. The van der Waals surface area contributed by atoms with Crippen LogP contribution in [0.2, 0.25) is 5.02 Å². The van der Waals surface area contributed by atoms with Crippen LogP contribution in [-0.4, -0.2) is 27.9 Å². The fraction of sp³-hybridized carbons (Fsp3) is 0.278. The van der Waals surface area contributed by atoms with Gasteiger partial charge in [0.1, 0.15) is 12.4 Å². The zero-order chi connectivity index (χ0) is 16.5. The van der Waals surface area contributed by atoms with Crippen molar-refractivity contribution in [1.29, 1.82) is 0 Å². The molecule has 0 saturated carbocycles. The number of benzene rings is 2. The molecule has 0 fully saturated rings. The van der Waals surface area contributed by atoms with Crippen molar-refractivity contribution in [2.24, 2.45) is 0 Å². The van der Waals surface area contributed by atoms with Gasteiger partial charge in [-0.1, -0.05) is 23.7 Å². The van der Waals surface area contributed by atoms with Gasteiger partial charge in [-0.25, -0.2) is 4.98 Å². The standard InChI is InChI=1S/C18H17ClN2O3/c19-13-8-12(9-16-18(13)24-7-3-6-23-16)10-21-15-5-2-1-4-14(15)20-17(21)11-22/h1-2,4-5,8-9,22H,3,6-7,10-11H2. The minimum Gasteiger partial charge on any atom is -0.489 e. The van der Waals surface area contributed by atoms with E-state index in [1.165, 1.54) is 0 Å². The quantitative estimate of drug-likeness (QED) is 0.791. The van der Waals surface area contributed by atoms with E-state index < -0.39 is 0 Å². The van der Waals surface area contributed by atoms with Crippen LogP contribution in [0.1, 0.15) is 17.8 Å². The maximum atomic E-state index is 9.63. The average molecular weight is 345 g/mol. The number of fused-ring (bicyclic) bond motifs is 2. The Bertz CT molecular complexity index is 891. The molecule has 5 nitrogen and oxygen atoms in total. The summed E-state index contributed by atoms with van der Waals surface area (Å²) in [4.78, 5) is 4.48. The van der Waals surface area contributed by atoms with Gasteiger partial charge in [0.2, 0.25) is 0 Å². The van der Waals surface area contributed by atoms with Crippen molar-refractivity contribution in [2.75, 3.05) is 13.2 Å². The second-order valence-electron chi connectivity index (χ2n) is 5.72. The van der Waals surface area contributed by atoms with Gasteiger partial charge in [-0.3, -0.25) is 0 Å². The Balaban J connectivity index is 1.76. The van der Waals surface area contributed by atoms with Crippen LogP contribution in [0.5, 0.6) is 11.5 Å². The molecule has 0 saturated heterocycles. The highest BCUT2D eigenvalue weighted by atomic mass is 35.5. The average Bonchev–Trinajstić information content (AvgIpc) is 2.77. The Labute approximate surface area is 144 Å². The highest BCUT2D eigenvalue weighted by Crippen LogP contribution is 2.38. The number of para-hydroxylation sites is 2. The van der Waals surface area contributed by atoms with Crippen LogP contribution in [0.3, 0.4) is 0 Å². The molecule has 1 aliphatic rings. The van der Waals surface area contributed by atoms with Crippen molar-refractivity contribution >= 4 is 22.6 Å². The number of aliphatic hydroxyl groups is 1. The first-order valence-corrected chi connectivity index (χ1v) is 8.27. The molecule has 4 rings (SSSR count). The maximum Gasteiger partial charge on any atom is 0.179 e. The van der Waals surface area contributed by atoms with E-state index in [9.17, 15) is 5.11 Å². The van der Waals surface area contributed by atoms with E-state index in [1.54, 1.807) is 0 Å². The number of hydrogen-bond acceptors (Lipinski definition) is 4. The lowest BCUT2D eigenvalue weighted by Gasteiger charge is -2.13. The van der Waals surface area contributed by atoms with E-state index in [0.29, 0.717) is 42.1 Å². The molecule has 3 aromatic rings. The Morgan fingerprint density at radius 1 is 1.17 bits per heavy atom. The van der Waals surface area contributed by atoms with Gasteiger partial charge in [0.15, 0.2) is 11.5 Å². The van der Waals surface area contributed by atoms with E-state index in [-0.39, 0.29) is 6.61 Å². The number of aromatic nitrogens is 2. The van der Waals surface area contributed by atoms with Gasteiger partial charge in [-0.15, -0.1) is 0 Å². The molecule has 0 aliphatic carbocycles. The van der Waals surface area contributed by atoms with Gasteiger partial charge in [0.25, 0.3) is 0 Å². The molecular formula is C18H17ClN2O3. The van der Waals surface area contributed by atoms with Gasteiger partial charge in [0.05, 0.1) is 29.3 Å². The predicted octanol–water partition coefficient (Wildman–Crippen LogP) is 3.39. The minimum absolute atomic E-state index is 0.118. The van der Waals surface area contributed by atoms with E-state index in [4.69, 9.17) is 21.1 Å². The molecule has 0 radical (unpaired) electrons. The van der Waals surface area contributed by atoms with Gasteiger partial charge in [-0.05, 0) is 29.8 Å². The molecule has 24 heavy (non-hydrogen) atoms. The first-order chi connectivity index (χ1) is 11.8. The lowest BCUT2D eigenvalue weighted by atomic mass is 10.2. The van der Waals surface area contributed by atoms with Crippen molar-refractivity contribution in [1.82, 2.24) is 9.55 Å². The smallest absolute Gasteiger partial charge is 0.179 e. The molecule has 0 bridgehead atoms. The number of rotatable bonds is 3. The van der Waals surface area contributed by atoms with Crippen molar-refractivity contribution < 1.29 is 14.6 Å². The van der Waals surface area contributed by atoms with Crippen LogP contribution >= 0.6 is 11.6 Å². The summed E-state index contributed by atoms with van der Waals surface area (Å²) in [5, 5.41) is 10.2. The summed E-state index contributed by atoms with van der Waals surface area (Å²) >= 11 is 6.37. The Morgan fingerprint density at radius 2 is 2.00 bits per heavy atom. The van der Waals surface area contributed by atoms with E-state index in [1.807, 2.05) is 41.0 Å². The number of hydrogen-bond donors (Lipinski definition) is 1. The predicted molar refractivity (Wildman–Crippen MR) is 91.8 cm³/mol. The molecule has 1 aliphatic heterocycles. The largest absolute Gasteiger partial charge is 0.489 e. The molecule has 0 atom stereocenters. The highest BCUT2D eigenvalue weighted by molar-refractivity contribution is 6.32. The minimum atomic E-state index is -0.118. The SMILES string of the molecule is OCc1nc2ccccc2n1Cc1cc(Cl)c2c(c1)OCCCO2. The monoisotopic (exact) mass is 344 g/mol. The maximum absolute atomic E-state index is 9.63. The van der Waals surface area contributed by atoms with Crippen molar-refractivity contribution in [3.8, 4) is 11.5 Å². The lowest BCUT2D eigenvalue weighted by Crippen LogP contribution is -2.06. The number of ether oxygens (including phenoxy) is 2. The van der Waals surface area contributed by atoms with E-state index in [2.05, 4.69) is 4.98 Å². The van der Waals surface area contributed by atoms with Crippen molar-refractivity contribution in [3.05, 3.63) is 52.8 Å². The van der Waals surface area contributed by atoms with E-state index >= 15 is 0 Å². The first kappa shape index (κ1) is 15.3. The lowest BCUT2D eigenvalue weighted by molar-refractivity contribution is 0.267. The summed E-state index contributed by atoms with van der Waals surface area (Å²) < 4.78 is 13.4. The third kappa shape index (κ3) is 2.70. The Hall–Kier alpha value is -2.24. The molecular weight excluding hydrogens is 328 g/mol. The van der Waals surface area contributed by atoms with Crippen LogP contribution in [0.4, 0.5) is 0 Å². The molecule has 124 valence electrons. The summed E-state index contributed by atoms with van der Waals surface area (Å²) in [6.45, 7) is 1.65. The second-order valence-corrected chi connectivity index (χ2v) is 6.12. The molecule has 0 unspecified atom stereocenters. The first-order valence-electron chi connectivity index (χ1n) is 7.89. The van der Waals surface area contributed by atoms with Gasteiger partial charge < -0.3 is 19.1 Å². The molecule has 1 N–H and O–H groups in total. The summed E-state index contributed by atoms with van der Waals surface area (Å²) in [7, 11) is 0. The van der Waals surface area contributed by atoms with Crippen LogP contribution < -0.4 is 9.47 Å². The van der Waals surface area contributed by atoms with Gasteiger partial charge in [0, 0.05) is 13.0 Å². The fourth-order valence-electron chi connectivity index (χ4n) is 2.98. The third-order valence-corrected chi connectivity index (χ3v) is 4.36. The zero-order valence-electron chi connectivity index (χ0n) is 13.0. The normalized spacial score (nSPS) is 13.9. The Kier molecular flexibility index (Phi) is 4.04. The zero-order valence-corrected chi connectivity index (χ0v) is 13.8. The summed E-state index contributed by atoms with van der Waals surface area (Å²) in [6, 6.07) is 11.7. The van der Waals surface area contributed by atoms with Crippen molar-refractivity contribution in [2.45, 2.75) is 19.6 Å². The van der Waals surface area contributed by atoms with Crippen LogP contribution in [0.15, 0.2) is 36.4 Å². The van der Waals surface area contributed by atoms with Crippen LogP contribution in [-0.2, 0) is 13.2 Å². The Morgan fingerprint density at radius 3 is 2.88 bits per heavy atom. The second kappa shape index (κ2) is 6.34. The summed E-state index contributed by atoms with van der Waals surface area (Å²) in [5.74, 6) is 1.90.